The van der Waals surface area contributed by atoms with Crippen molar-refractivity contribution < 1.29 is 4.92 Å². The van der Waals surface area contributed by atoms with E-state index in [1.54, 1.807) is 12.3 Å². The summed E-state index contributed by atoms with van der Waals surface area (Å²) in [5, 5.41) is 11.2. The van der Waals surface area contributed by atoms with E-state index in [2.05, 4.69) is 26.8 Å². The van der Waals surface area contributed by atoms with Crippen molar-refractivity contribution in [3.05, 3.63) is 34.1 Å². The van der Waals surface area contributed by atoms with Gasteiger partial charge in [-0.1, -0.05) is 0 Å². The van der Waals surface area contributed by atoms with E-state index < -0.39 is 0 Å². The fourth-order valence-electron chi connectivity index (χ4n) is 1.84. The van der Waals surface area contributed by atoms with E-state index in [0.29, 0.717) is 33.4 Å². The fraction of sp³-hybridized carbons (Fsp3) is 0.333. The molecule has 0 aromatic carbocycles. The Kier molecular flexibility index (Phi) is 3.62. The molecule has 0 aliphatic carbocycles. The second kappa shape index (κ2) is 5.02. The third kappa shape index (κ3) is 2.36. The topological polar surface area (TPSA) is 68.9 Å². The molecule has 92 valence electrons. The molecule has 0 aliphatic rings. The van der Waals surface area contributed by atoms with Gasteiger partial charge in [-0.2, -0.15) is 0 Å². The zero-order valence-electron chi connectivity index (χ0n) is 10.1. The van der Waals surface area contributed by atoms with Gasteiger partial charge in [-0.05, 0) is 0 Å². The molecule has 2 heterocycles. The Labute approximate surface area is 113 Å². The van der Waals surface area contributed by atoms with Crippen LogP contribution in [0.25, 0.3) is 11.0 Å². The summed E-state index contributed by atoms with van der Waals surface area (Å²) in [5.41, 5.74) is 1.90. The third-order valence-electron chi connectivity index (χ3n) is 2.55. The van der Waals surface area contributed by atoms with Crippen LogP contribution in [0, 0.1) is 16.0 Å². The van der Waals surface area contributed by atoms with E-state index in [-0.39, 0.29) is 10.6 Å². The number of rotatable bonds is 3. The predicted octanol–water partition coefficient (Wildman–Crippen LogP) is 1.53. The zero-order valence-corrected chi connectivity index (χ0v) is 12.0. The van der Waals surface area contributed by atoms with E-state index in [4.69, 9.17) is 0 Å². The van der Waals surface area contributed by atoms with Crippen LogP contribution in [0.3, 0.4) is 0 Å². The predicted molar refractivity (Wildman–Crippen MR) is 70.1 cm³/mol. The Hall–Kier alpha value is -1.48. The standard InChI is InChI=1S/C12H12AsN3O2/c1-7(2)6-9-12(16(17)18)10(13)11-8(15-9)4-3-5-14-11/h3-5,7H,6H2,1-2H3. The number of aromatic nitrogens is 2. The summed E-state index contributed by atoms with van der Waals surface area (Å²) in [4.78, 5) is 19.4. The summed E-state index contributed by atoms with van der Waals surface area (Å²) in [6.45, 7) is 4.03. The summed E-state index contributed by atoms with van der Waals surface area (Å²) in [6.07, 6.45) is 2.21. The molecule has 0 bridgehead atoms. The van der Waals surface area contributed by atoms with Crippen molar-refractivity contribution in [2.24, 2.45) is 5.92 Å². The van der Waals surface area contributed by atoms with Gasteiger partial charge in [-0.25, -0.2) is 0 Å². The van der Waals surface area contributed by atoms with Gasteiger partial charge >= 0.3 is 113 Å². The summed E-state index contributed by atoms with van der Waals surface area (Å²) in [5.74, 6) is 0.317. The number of pyridine rings is 2. The first kappa shape index (κ1) is 13.0. The first-order chi connectivity index (χ1) is 8.50. The van der Waals surface area contributed by atoms with Crippen LogP contribution in [0.2, 0.25) is 0 Å². The first-order valence-electron chi connectivity index (χ1n) is 5.61. The number of hydrogen-bond donors (Lipinski definition) is 0. The molecular weight excluding hydrogens is 293 g/mol. The van der Waals surface area contributed by atoms with Gasteiger partial charge in [0.25, 0.3) is 0 Å². The Balaban J connectivity index is 2.74. The average Bonchev–Trinajstić information content (AvgIpc) is 2.27. The van der Waals surface area contributed by atoms with Crippen molar-refractivity contribution in [1.29, 1.82) is 0 Å². The zero-order chi connectivity index (χ0) is 13.3. The molecule has 0 unspecified atom stereocenters. The van der Waals surface area contributed by atoms with Gasteiger partial charge in [0.1, 0.15) is 0 Å². The Morgan fingerprint density at radius 2 is 2.22 bits per heavy atom. The van der Waals surface area contributed by atoms with E-state index in [1.165, 1.54) is 0 Å². The van der Waals surface area contributed by atoms with Gasteiger partial charge in [0.2, 0.25) is 0 Å². The maximum absolute atomic E-state index is 11.2. The average molecular weight is 305 g/mol. The summed E-state index contributed by atoms with van der Waals surface area (Å²) >= 11 is 2.25. The van der Waals surface area contributed by atoms with Crippen molar-refractivity contribution in [3.8, 4) is 0 Å². The Morgan fingerprint density at radius 3 is 2.83 bits per heavy atom. The second-order valence-corrected chi connectivity index (χ2v) is 5.42. The number of nitrogens with zero attached hydrogens (tertiary/aromatic N) is 3. The van der Waals surface area contributed by atoms with E-state index in [0.717, 1.165) is 0 Å². The number of hydrogen-bond acceptors (Lipinski definition) is 4. The number of nitro groups is 1. The van der Waals surface area contributed by atoms with Gasteiger partial charge in [-0.3, -0.25) is 0 Å². The normalized spacial score (nSPS) is 11.1. The van der Waals surface area contributed by atoms with Crippen LogP contribution in [0.5, 0.6) is 0 Å². The molecule has 6 heteroatoms. The number of fused-ring (bicyclic) bond motifs is 1. The summed E-state index contributed by atoms with van der Waals surface area (Å²) in [6, 6.07) is 3.61. The SMILES string of the molecule is CC(C)Cc1nc2cccnc2c([As])c1[N+](=O)[O-]. The molecule has 0 aliphatic heterocycles. The van der Waals surface area contributed by atoms with Crippen LogP contribution in [-0.4, -0.2) is 31.7 Å². The third-order valence-corrected chi connectivity index (χ3v) is 3.44. The molecule has 18 heavy (non-hydrogen) atoms. The maximum atomic E-state index is 11.2. The molecule has 0 fully saturated rings. The Bertz CT molecular complexity index is 614. The van der Waals surface area contributed by atoms with Gasteiger partial charge in [0.15, 0.2) is 0 Å². The quantitative estimate of drug-likeness (QED) is 0.490. The molecule has 0 saturated carbocycles. The van der Waals surface area contributed by atoms with Gasteiger partial charge in [-0.15, -0.1) is 0 Å². The second-order valence-electron chi connectivity index (χ2n) is 4.48. The molecule has 2 aromatic rings. The molecule has 0 atom stereocenters. The molecule has 0 saturated heterocycles. The van der Waals surface area contributed by atoms with Crippen molar-refractivity contribution in [2.75, 3.05) is 0 Å². The summed E-state index contributed by atoms with van der Waals surface area (Å²) < 4.78 is 0.536. The van der Waals surface area contributed by atoms with E-state index in [9.17, 15) is 10.1 Å². The molecule has 0 amide bonds. The van der Waals surface area contributed by atoms with Crippen LogP contribution >= 0.6 is 0 Å². The van der Waals surface area contributed by atoms with Crippen LogP contribution in [0.1, 0.15) is 19.5 Å². The minimum absolute atomic E-state index is 0.0786. The Morgan fingerprint density at radius 1 is 1.50 bits per heavy atom. The van der Waals surface area contributed by atoms with Crippen LogP contribution in [-0.2, 0) is 6.42 Å². The molecule has 2 aromatic heterocycles. The molecule has 2 radical (unpaired) electrons. The van der Waals surface area contributed by atoms with Gasteiger partial charge in [0, 0.05) is 0 Å². The van der Waals surface area contributed by atoms with Gasteiger partial charge in [0.05, 0.1) is 0 Å². The summed E-state index contributed by atoms with van der Waals surface area (Å²) in [7, 11) is 0. The molecular formula is C12H12AsN3O2. The van der Waals surface area contributed by atoms with Crippen molar-refractivity contribution in [2.45, 2.75) is 20.3 Å². The van der Waals surface area contributed by atoms with E-state index in [1.807, 2.05) is 19.9 Å². The van der Waals surface area contributed by atoms with Crippen molar-refractivity contribution >= 4 is 37.9 Å². The molecule has 5 nitrogen and oxygen atoms in total. The van der Waals surface area contributed by atoms with E-state index >= 15 is 0 Å². The minimum atomic E-state index is -0.369. The van der Waals surface area contributed by atoms with Crippen LogP contribution in [0.15, 0.2) is 18.3 Å². The molecule has 0 spiro atoms. The van der Waals surface area contributed by atoms with Crippen molar-refractivity contribution in [1.82, 2.24) is 9.97 Å². The first-order valence-corrected chi connectivity index (χ1v) is 6.55. The monoisotopic (exact) mass is 305 g/mol. The van der Waals surface area contributed by atoms with Gasteiger partial charge < -0.3 is 0 Å². The van der Waals surface area contributed by atoms with Crippen LogP contribution in [0.4, 0.5) is 5.69 Å². The van der Waals surface area contributed by atoms with Crippen molar-refractivity contribution in [3.63, 3.8) is 0 Å². The molecule has 0 N–H and O–H groups in total. The fourth-order valence-corrected chi connectivity index (χ4v) is 2.64. The molecule has 2 rings (SSSR count). The van der Waals surface area contributed by atoms with Crippen LogP contribution < -0.4 is 4.35 Å².